The molecular formula is C21H13BrO5. The molecule has 2 aromatic heterocycles. The minimum Gasteiger partial charge on any atom is -0.478 e. The highest BCUT2D eigenvalue weighted by molar-refractivity contribution is 9.10. The lowest BCUT2D eigenvalue weighted by atomic mass is 10.1. The van der Waals surface area contributed by atoms with Crippen molar-refractivity contribution in [1.82, 2.24) is 0 Å². The van der Waals surface area contributed by atoms with Crippen LogP contribution in [0.2, 0.25) is 0 Å². The number of halogens is 1. The molecule has 0 aliphatic carbocycles. The molecule has 0 saturated carbocycles. The average molecular weight is 425 g/mol. The van der Waals surface area contributed by atoms with Gasteiger partial charge in [0.05, 0.1) is 11.6 Å². The van der Waals surface area contributed by atoms with Crippen molar-refractivity contribution in [2.75, 3.05) is 6.61 Å². The fourth-order valence-electron chi connectivity index (χ4n) is 2.68. The lowest BCUT2D eigenvalue weighted by Crippen LogP contribution is -2.17. The highest BCUT2D eigenvalue weighted by Gasteiger charge is 2.20. The van der Waals surface area contributed by atoms with Crippen molar-refractivity contribution < 1.29 is 18.4 Å². The van der Waals surface area contributed by atoms with Crippen LogP contribution >= 0.6 is 15.9 Å². The number of rotatable bonds is 5. The normalized spacial score (nSPS) is 10.9. The van der Waals surface area contributed by atoms with E-state index in [1.807, 2.05) is 0 Å². The fraction of sp³-hybridized carbons (Fsp3) is 0.0476. The van der Waals surface area contributed by atoms with Gasteiger partial charge in [-0.25, -0.2) is 0 Å². The van der Waals surface area contributed by atoms with Gasteiger partial charge in [-0.1, -0.05) is 40.2 Å². The van der Waals surface area contributed by atoms with E-state index in [4.69, 9.17) is 13.6 Å². The Labute approximate surface area is 162 Å². The molecule has 0 fully saturated rings. The second kappa shape index (κ2) is 7.25. The third-order valence-electron chi connectivity index (χ3n) is 4.01. The number of furan rings is 1. The van der Waals surface area contributed by atoms with Crippen molar-refractivity contribution in [3.8, 4) is 17.3 Å². The first-order chi connectivity index (χ1) is 13.1. The fourth-order valence-corrected chi connectivity index (χ4v) is 2.95. The molecule has 2 aromatic carbocycles. The summed E-state index contributed by atoms with van der Waals surface area (Å²) < 4.78 is 17.7. The third-order valence-corrected chi connectivity index (χ3v) is 4.54. The van der Waals surface area contributed by atoms with Gasteiger partial charge < -0.3 is 13.6 Å². The maximum Gasteiger partial charge on any atom is 0.235 e. The Bertz CT molecular complexity index is 1160. The van der Waals surface area contributed by atoms with Crippen LogP contribution in [0, 0.1) is 0 Å². The number of ketones is 1. The predicted octanol–water partition coefficient (Wildman–Crippen LogP) is 5.08. The summed E-state index contributed by atoms with van der Waals surface area (Å²) in [5.74, 6) is 0.214. The third kappa shape index (κ3) is 3.44. The first kappa shape index (κ1) is 17.3. The van der Waals surface area contributed by atoms with Gasteiger partial charge in [0.1, 0.15) is 5.58 Å². The molecule has 6 heteroatoms. The van der Waals surface area contributed by atoms with Crippen LogP contribution in [0.25, 0.3) is 22.5 Å². The number of carbonyl (C=O) groups excluding carboxylic acids is 1. The summed E-state index contributed by atoms with van der Waals surface area (Å²) in [5.41, 5.74) is 0.551. The molecule has 27 heavy (non-hydrogen) atoms. The van der Waals surface area contributed by atoms with Crippen LogP contribution in [0.5, 0.6) is 5.75 Å². The summed E-state index contributed by atoms with van der Waals surface area (Å²) in [4.78, 5) is 25.3. The van der Waals surface area contributed by atoms with Gasteiger partial charge in [-0.3, -0.25) is 9.59 Å². The van der Waals surface area contributed by atoms with Crippen molar-refractivity contribution in [2.24, 2.45) is 0 Å². The maximum atomic E-state index is 12.9. The quantitative estimate of drug-likeness (QED) is 0.418. The van der Waals surface area contributed by atoms with Crippen LogP contribution < -0.4 is 10.2 Å². The van der Waals surface area contributed by atoms with Gasteiger partial charge >= 0.3 is 0 Å². The summed E-state index contributed by atoms with van der Waals surface area (Å²) >= 11 is 3.33. The van der Waals surface area contributed by atoms with Crippen molar-refractivity contribution in [3.05, 3.63) is 87.2 Å². The summed E-state index contributed by atoms with van der Waals surface area (Å²) in [6.07, 6.45) is 1.47. The molecule has 0 amide bonds. The highest BCUT2D eigenvalue weighted by atomic mass is 79.9. The van der Waals surface area contributed by atoms with Gasteiger partial charge in [-0.2, -0.15) is 0 Å². The molecule has 0 bridgehead atoms. The largest absolute Gasteiger partial charge is 0.478 e. The van der Waals surface area contributed by atoms with Gasteiger partial charge in [-0.15, -0.1) is 0 Å². The number of fused-ring (bicyclic) bond motifs is 1. The van der Waals surface area contributed by atoms with E-state index in [1.165, 1.54) is 6.26 Å². The minimum atomic E-state index is -0.355. The molecule has 4 aromatic rings. The minimum absolute atomic E-state index is 0.0471. The van der Waals surface area contributed by atoms with Crippen LogP contribution in [0.4, 0.5) is 0 Å². The van der Waals surface area contributed by atoms with Gasteiger partial charge in [0.15, 0.2) is 18.2 Å². The standard InChI is InChI=1S/C21H13BrO5/c22-14-9-7-13(8-10-14)16(23)12-26-21-19(24)15-4-1-2-5-17(15)27-20(21)18-6-3-11-25-18/h1-11H,12H2. The second-order valence-electron chi connectivity index (χ2n) is 5.78. The SMILES string of the molecule is O=C(COc1c(-c2ccco2)oc2ccccc2c1=O)c1ccc(Br)cc1. The Hall–Kier alpha value is -3.12. The summed E-state index contributed by atoms with van der Waals surface area (Å²) in [6.45, 7) is -0.293. The number of para-hydroxylation sites is 1. The van der Waals surface area contributed by atoms with E-state index in [2.05, 4.69) is 15.9 Å². The van der Waals surface area contributed by atoms with E-state index in [9.17, 15) is 9.59 Å². The lowest BCUT2D eigenvalue weighted by molar-refractivity contribution is 0.0920. The van der Waals surface area contributed by atoms with Crippen LogP contribution in [0.15, 0.2) is 85.0 Å². The van der Waals surface area contributed by atoms with Gasteiger partial charge in [-0.05, 0) is 36.4 Å². The average Bonchev–Trinajstić information content (AvgIpc) is 3.22. The molecule has 0 aliphatic heterocycles. The molecule has 0 spiro atoms. The van der Waals surface area contributed by atoms with Crippen LogP contribution in [-0.2, 0) is 0 Å². The zero-order chi connectivity index (χ0) is 18.8. The lowest BCUT2D eigenvalue weighted by Gasteiger charge is -2.10. The highest BCUT2D eigenvalue weighted by Crippen LogP contribution is 2.31. The number of ether oxygens (including phenoxy) is 1. The predicted molar refractivity (Wildman–Crippen MR) is 104 cm³/mol. The molecule has 0 N–H and O–H groups in total. The molecule has 2 heterocycles. The van der Waals surface area contributed by atoms with Crippen LogP contribution in [0.3, 0.4) is 0 Å². The summed E-state index contributed by atoms with van der Waals surface area (Å²) in [5, 5.41) is 0.374. The Balaban J connectivity index is 1.72. The van der Waals surface area contributed by atoms with E-state index < -0.39 is 0 Å². The Morgan fingerprint density at radius 1 is 1.00 bits per heavy atom. The first-order valence-corrected chi connectivity index (χ1v) is 8.94. The summed E-state index contributed by atoms with van der Waals surface area (Å²) in [6, 6.07) is 17.1. The molecule has 0 aliphatic rings. The number of Topliss-reactive ketones (excluding diaryl/α,β-unsaturated/α-hetero) is 1. The van der Waals surface area contributed by atoms with E-state index in [1.54, 1.807) is 60.7 Å². The smallest absolute Gasteiger partial charge is 0.235 e. The zero-order valence-corrected chi connectivity index (χ0v) is 15.6. The van der Waals surface area contributed by atoms with E-state index in [0.29, 0.717) is 22.3 Å². The monoisotopic (exact) mass is 424 g/mol. The van der Waals surface area contributed by atoms with Crippen LogP contribution in [0.1, 0.15) is 10.4 Å². The first-order valence-electron chi connectivity index (χ1n) is 8.15. The number of carbonyl (C=O) groups is 1. The van der Waals surface area contributed by atoms with E-state index in [-0.39, 0.29) is 29.3 Å². The number of hydrogen-bond acceptors (Lipinski definition) is 5. The molecule has 0 unspecified atom stereocenters. The van der Waals surface area contributed by atoms with Crippen molar-refractivity contribution >= 4 is 32.7 Å². The van der Waals surface area contributed by atoms with Crippen LogP contribution in [-0.4, -0.2) is 12.4 Å². The topological polar surface area (TPSA) is 69.7 Å². The number of benzene rings is 2. The van der Waals surface area contributed by atoms with E-state index in [0.717, 1.165) is 4.47 Å². The molecular weight excluding hydrogens is 412 g/mol. The molecule has 0 atom stereocenters. The Morgan fingerprint density at radius 3 is 2.52 bits per heavy atom. The van der Waals surface area contributed by atoms with Gasteiger partial charge in [0.25, 0.3) is 0 Å². The summed E-state index contributed by atoms with van der Waals surface area (Å²) in [7, 11) is 0. The Morgan fingerprint density at radius 2 is 1.78 bits per heavy atom. The van der Waals surface area contributed by atoms with Crippen molar-refractivity contribution in [3.63, 3.8) is 0 Å². The number of hydrogen-bond donors (Lipinski definition) is 0. The van der Waals surface area contributed by atoms with Gasteiger partial charge in [0, 0.05) is 10.0 Å². The molecule has 134 valence electrons. The second-order valence-corrected chi connectivity index (χ2v) is 6.70. The maximum absolute atomic E-state index is 12.9. The van der Waals surface area contributed by atoms with E-state index >= 15 is 0 Å². The zero-order valence-electron chi connectivity index (χ0n) is 14.0. The van der Waals surface area contributed by atoms with Gasteiger partial charge in [0.2, 0.25) is 16.9 Å². The van der Waals surface area contributed by atoms with Crippen molar-refractivity contribution in [2.45, 2.75) is 0 Å². The molecule has 0 saturated heterocycles. The Kier molecular flexibility index (Phi) is 4.64. The van der Waals surface area contributed by atoms with Crippen molar-refractivity contribution in [1.29, 1.82) is 0 Å². The molecule has 5 nitrogen and oxygen atoms in total. The molecule has 0 radical (unpaired) electrons. The molecule has 4 rings (SSSR count).